The molecule has 1 aliphatic rings. The smallest absolute Gasteiger partial charge is 0.0856 e. The summed E-state index contributed by atoms with van der Waals surface area (Å²) in [5.41, 5.74) is 1.97. The van der Waals surface area contributed by atoms with Crippen molar-refractivity contribution < 1.29 is 0 Å². The predicted molar refractivity (Wildman–Crippen MR) is 60.9 cm³/mol. The molecule has 0 saturated heterocycles. The Morgan fingerprint density at radius 3 is 2.67 bits per heavy atom. The van der Waals surface area contributed by atoms with Gasteiger partial charge in [0.2, 0.25) is 0 Å². The standard InChI is InChI=1S/C12H15N3/c1-15-9-5-8-12(10-15)14-13-11-6-3-2-4-7-11/h2-4,6-7,10H,5,8-9H2,1H3. The molecule has 0 aromatic heterocycles. The molecule has 3 nitrogen and oxygen atoms in total. The van der Waals surface area contributed by atoms with E-state index in [1.54, 1.807) is 0 Å². The molecule has 0 spiro atoms. The molecule has 0 unspecified atom stereocenters. The van der Waals surface area contributed by atoms with Crippen LogP contribution in [0.2, 0.25) is 0 Å². The Morgan fingerprint density at radius 2 is 1.93 bits per heavy atom. The molecule has 0 N–H and O–H groups in total. The summed E-state index contributed by atoms with van der Waals surface area (Å²) in [5, 5.41) is 8.44. The molecule has 0 aliphatic carbocycles. The van der Waals surface area contributed by atoms with E-state index in [-0.39, 0.29) is 0 Å². The second kappa shape index (κ2) is 4.73. The van der Waals surface area contributed by atoms with Crippen LogP contribution >= 0.6 is 0 Å². The van der Waals surface area contributed by atoms with Crippen LogP contribution in [0.5, 0.6) is 0 Å². The minimum atomic E-state index is 0.909. The van der Waals surface area contributed by atoms with Gasteiger partial charge >= 0.3 is 0 Å². The summed E-state index contributed by atoms with van der Waals surface area (Å²) in [5.74, 6) is 0. The van der Waals surface area contributed by atoms with Crippen LogP contribution in [-0.2, 0) is 0 Å². The average molecular weight is 201 g/mol. The summed E-state index contributed by atoms with van der Waals surface area (Å²) >= 11 is 0. The maximum Gasteiger partial charge on any atom is 0.0856 e. The van der Waals surface area contributed by atoms with Gasteiger partial charge < -0.3 is 4.90 Å². The molecule has 0 atom stereocenters. The lowest BCUT2D eigenvalue weighted by Crippen LogP contribution is -2.16. The summed E-state index contributed by atoms with van der Waals surface area (Å²) in [7, 11) is 2.07. The monoisotopic (exact) mass is 201 g/mol. The van der Waals surface area contributed by atoms with Crippen LogP contribution in [0.1, 0.15) is 12.8 Å². The molecule has 0 fully saturated rings. The number of rotatable bonds is 2. The van der Waals surface area contributed by atoms with Gasteiger partial charge in [0, 0.05) is 19.8 Å². The van der Waals surface area contributed by atoms with Crippen LogP contribution in [-0.4, -0.2) is 18.5 Å². The van der Waals surface area contributed by atoms with Gasteiger partial charge in [-0.3, -0.25) is 0 Å². The minimum Gasteiger partial charge on any atom is -0.379 e. The summed E-state index contributed by atoms with van der Waals surface area (Å²) in [6, 6.07) is 9.82. The van der Waals surface area contributed by atoms with E-state index >= 15 is 0 Å². The SMILES string of the molecule is CN1C=C(N=Nc2ccccc2)CCC1. The zero-order chi connectivity index (χ0) is 10.5. The predicted octanol–water partition coefficient (Wildman–Crippen LogP) is 3.34. The van der Waals surface area contributed by atoms with Gasteiger partial charge in [-0.1, -0.05) is 18.2 Å². The van der Waals surface area contributed by atoms with Gasteiger partial charge in [0.05, 0.1) is 11.4 Å². The third-order valence-corrected chi connectivity index (χ3v) is 2.36. The van der Waals surface area contributed by atoms with E-state index in [0.29, 0.717) is 0 Å². The number of allylic oxidation sites excluding steroid dienone is 1. The molecule has 1 heterocycles. The van der Waals surface area contributed by atoms with E-state index in [1.165, 1.54) is 0 Å². The number of nitrogens with zero attached hydrogens (tertiary/aromatic N) is 3. The number of hydrogen-bond donors (Lipinski definition) is 0. The number of azo groups is 1. The van der Waals surface area contributed by atoms with Gasteiger partial charge in [0.25, 0.3) is 0 Å². The van der Waals surface area contributed by atoms with E-state index in [2.05, 4.69) is 28.4 Å². The van der Waals surface area contributed by atoms with Crippen LogP contribution in [0.15, 0.2) is 52.5 Å². The highest BCUT2D eigenvalue weighted by Gasteiger charge is 2.05. The molecule has 78 valence electrons. The van der Waals surface area contributed by atoms with Gasteiger partial charge in [0.1, 0.15) is 0 Å². The molecule has 0 amide bonds. The fourth-order valence-corrected chi connectivity index (χ4v) is 1.59. The number of benzene rings is 1. The summed E-state index contributed by atoms with van der Waals surface area (Å²) in [4.78, 5) is 2.16. The Balaban J connectivity index is 2.05. The Labute approximate surface area is 90.1 Å². The van der Waals surface area contributed by atoms with Gasteiger partial charge in [0.15, 0.2) is 0 Å². The van der Waals surface area contributed by atoms with E-state index in [1.807, 2.05) is 30.3 Å². The molecule has 15 heavy (non-hydrogen) atoms. The molecular weight excluding hydrogens is 186 g/mol. The van der Waals surface area contributed by atoms with Crippen molar-refractivity contribution in [1.29, 1.82) is 0 Å². The number of hydrogen-bond acceptors (Lipinski definition) is 3. The fraction of sp³-hybridized carbons (Fsp3) is 0.333. The van der Waals surface area contributed by atoms with Crippen LogP contribution in [0.4, 0.5) is 5.69 Å². The van der Waals surface area contributed by atoms with Gasteiger partial charge in [-0.05, 0) is 25.0 Å². The maximum absolute atomic E-state index is 4.25. The molecule has 1 aromatic carbocycles. The minimum absolute atomic E-state index is 0.909. The van der Waals surface area contributed by atoms with E-state index < -0.39 is 0 Å². The Kier molecular flexibility index (Phi) is 3.12. The van der Waals surface area contributed by atoms with Gasteiger partial charge in [-0.25, -0.2) is 0 Å². The van der Waals surface area contributed by atoms with Crippen LogP contribution in [0.3, 0.4) is 0 Å². The first kappa shape index (κ1) is 9.90. The highest BCUT2D eigenvalue weighted by molar-refractivity contribution is 5.35. The zero-order valence-corrected chi connectivity index (χ0v) is 8.93. The highest BCUT2D eigenvalue weighted by atomic mass is 15.1. The first-order chi connectivity index (χ1) is 7.34. The molecule has 0 bridgehead atoms. The first-order valence-corrected chi connectivity index (χ1v) is 5.22. The quantitative estimate of drug-likeness (QED) is 0.674. The first-order valence-electron chi connectivity index (χ1n) is 5.22. The largest absolute Gasteiger partial charge is 0.379 e. The average Bonchev–Trinajstić information content (AvgIpc) is 2.28. The molecular formula is C12H15N3. The van der Waals surface area contributed by atoms with Gasteiger partial charge in [-0.2, -0.15) is 10.2 Å². The Bertz CT molecular complexity index is 368. The van der Waals surface area contributed by atoms with Crippen LogP contribution in [0, 0.1) is 0 Å². The second-order valence-corrected chi connectivity index (χ2v) is 3.74. The molecule has 2 rings (SSSR count). The third-order valence-electron chi connectivity index (χ3n) is 2.36. The molecule has 0 saturated carbocycles. The second-order valence-electron chi connectivity index (χ2n) is 3.74. The Hall–Kier alpha value is -1.64. The molecule has 1 aliphatic heterocycles. The summed E-state index contributed by atoms with van der Waals surface area (Å²) in [6.45, 7) is 1.12. The lowest BCUT2D eigenvalue weighted by molar-refractivity contribution is 0.414. The lowest BCUT2D eigenvalue weighted by atomic mass is 10.2. The highest BCUT2D eigenvalue weighted by Crippen LogP contribution is 2.18. The van der Waals surface area contributed by atoms with E-state index in [4.69, 9.17) is 0 Å². The van der Waals surface area contributed by atoms with Crippen molar-refractivity contribution in [2.24, 2.45) is 10.2 Å². The van der Waals surface area contributed by atoms with E-state index in [0.717, 1.165) is 30.8 Å². The van der Waals surface area contributed by atoms with Crippen molar-refractivity contribution in [1.82, 2.24) is 4.90 Å². The van der Waals surface area contributed by atoms with Gasteiger partial charge in [-0.15, -0.1) is 0 Å². The lowest BCUT2D eigenvalue weighted by Gasteiger charge is -2.19. The van der Waals surface area contributed by atoms with Crippen molar-refractivity contribution in [3.05, 3.63) is 42.2 Å². The zero-order valence-electron chi connectivity index (χ0n) is 8.93. The van der Waals surface area contributed by atoms with E-state index in [9.17, 15) is 0 Å². The van der Waals surface area contributed by atoms with Crippen molar-refractivity contribution in [2.75, 3.05) is 13.6 Å². The van der Waals surface area contributed by atoms with Crippen molar-refractivity contribution in [3.63, 3.8) is 0 Å². The normalized spacial score (nSPS) is 16.9. The van der Waals surface area contributed by atoms with Crippen molar-refractivity contribution >= 4 is 5.69 Å². The topological polar surface area (TPSA) is 28.0 Å². The fourth-order valence-electron chi connectivity index (χ4n) is 1.59. The molecule has 1 aromatic rings. The van der Waals surface area contributed by atoms with Crippen molar-refractivity contribution in [2.45, 2.75) is 12.8 Å². The maximum atomic E-state index is 4.25. The van der Waals surface area contributed by atoms with Crippen LogP contribution in [0.25, 0.3) is 0 Å². The third kappa shape index (κ3) is 2.91. The van der Waals surface area contributed by atoms with Crippen LogP contribution < -0.4 is 0 Å². The summed E-state index contributed by atoms with van der Waals surface area (Å²) < 4.78 is 0. The molecule has 3 heteroatoms. The Morgan fingerprint density at radius 1 is 1.13 bits per heavy atom. The molecule has 0 radical (unpaired) electrons. The van der Waals surface area contributed by atoms with Crippen molar-refractivity contribution in [3.8, 4) is 0 Å². The summed E-state index contributed by atoms with van der Waals surface area (Å²) in [6.07, 6.45) is 4.26.